The van der Waals surface area contributed by atoms with Gasteiger partial charge in [0, 0.05) is 18.2 Å². The van der Waals surface area contributed by atoms with E-state index in [0.717, 1.165) is 5.75 Å². The Hall–Kier alpha value is -2.82. The number of hydrogen-bond donors (Lipinski definition) is 2. The van der Waals surface area contributed by atoms with E-state index < -0.39 is 0 Å². The summed E-state index contributed by atoms with van der Waals surface area (Å²) in [6, 6.07) is 14.5. The monoisotopic (exact) mass is 312 g/mol. The van der Waals surface area contributed by atoms with Gasteiger partial charge in [0.2, 0.25) is 5.91 Å². The van der Waals surface area contributed by atoms with Gasteiger partial charge in [-0.1, -0.05) is 23.8 Å². The summed E-state index contributed by atoms with van der Waals surface area (Å²) in [5.41, 5.74) is 2.26. The highest BCUT2D eigenvalue weighted by molar-refractivity contribution is 5.96. The van der Waals surface area contributed by atoms with E-state index in [9.17, 15) is 9.59 Å². The number of aryl methyl sites for hydroxylation is 1. The number of hydrogen-bond acceptors (Lipinski definition) is 3. The summed E-state index contributed by atoms with van der Waals surface area (Å²) in [5.74, 6) is 0.399. The van der Waals surface area contributed by atoms with Gasteiger partial charge in [-0.25, -0.2) is 0 Å². The average Bonchev–Trinajstić information content (AvgIpc) is 2.52. The summed E-state index contributed by atoms with van der Waals surface area (Å²) in [5, 5.41) is 5.43. The molecule has 2 N–H and O–H groups in total. The molecule has 0 radical (unpaired) electrons. The number of carbonyl (C=O) groups is 2. The van der Waals surface area contributed by atoms with Crippen LogP contribution in [0.5, 0.6) is 5.75 Å². The molecular formula is C18H20N2O3. The van der Waals surface area contributed by atoms with E-state index in [1.807, 2.05) is 31.2 Å². The molecule has 5 nitrogen and oxygen atoms in total. The van der Waals surface area contributed by atoms with Gasteiger partial charge in [0.05, 0.1) is 6.54 Å². The predicted octanol–water partition coefficient (Wildman–Crippen LogP) is 2.76. The van der Waals surface area contributed by atoms with Crippen LogP contribution in [0.15, 0.2) is 48.5 Å². The summed E-state index contributed by atoms with van der Waals surface area (Å²) in [4.78, 5) is 23.1. The van der Waals surface area contributed by atoms with Crippen LogP contribution in [-0.4, -0.2) is 25.0 Å². The fourth-order valence-electron chi connectivity index (χ4n) is 2.01. The number of amides is 2. The topological polar surface area (TPSA) is 67.4 Å². The zero-order valence-electron chi connectivity index (χ0n) is 13.3. The quantitative estimate of drug-likeness (QED) is 0.806. The third kappa shape index (κ3) is 5.47. The molecule has 0 fully saturated rings. The molecule has 0 spiro atoms. The first-order valence-electron chi connectivity index (χ1n) is 7.40. The first-order chi connectivity index (χ1) is 11.0. The number of benzene rings is 2. The first kappa shape index (κ1) is 16.5. The Balaban J connectivity index is 1.80. The number of ether oxygens (including phenoxy) is 1. The lowest BCUT2D eigenvalue weighted by atomic mass is 10.2. The maximum Gasteiger partial charge on any atom is 0.251 e. The molecule has 120 valence electrons. The van der Waals surface area contributed by atoms with Gasteiger partial charge in [0.25, 0.3) is 5.91 Å². The molecule has 0 aliphatic rings. The lowest BCUT2D eigenvalue weighted by molar-refractivity contribution is -0.114. The zero-order chi connectivity index (χ0) is 16.7. The van der Waals surface area contributed by atoms with Gasteiger partial charge in [-0.15, -0.1) is 0 Å². The summed E-state index contributed by atoms with van der Waals surface area (Å²) in [6.45, 7) is 4.23. The molecule has 0 aliphatic carbocycles. The Morgan fingerprint density at radius 2 is 1.83 bits per heavy atom. The Kier molecular flexibility index (Phi) is 5.74. The van der Waals surface area contributed by atoms with E-state index in [4.69, 9.17) is 4.74 Å². The van der Waals surface area contributed by atoms with Crippen molar-refractivity contribution in [2.75, 3.05) is 18.5 Å². The van der Waals surface area contributed by atoms with E-state index in [0.29, 0.717) is 24.4 Å². The largest absolute Gasteiger partial charge is 0.492 e. The van der Waals surface area contributed by atoms with E-state index in [1.54, 1.807) is 24.3 Å². The van der Waals surface area contributed by atoms with Crippen LogP contribution in [0, 0.1) is 6.92 Å². The summed E-state index contributed by atoms with van der Waals surface area (Å²) in [6.07, 6.45) is 0. The predicted molar refractivity (Wildman–Crippen MR) is 89.8 cm³/mol. The molecule has 5 heteroatoms. The Morgan fingerprint density at radius 3 is 2.52 bits per heavy atom. The lowest BCUT2D eigenvalue weighted by Gasteiger charge is -2.09. The van der Waals surface area contributed by atoms with Crippen LogP contribution in [0.2, 0.25) is 0 Å². The molecule has 0 unspecified atom stereocenters. The van der Waals surface area contributed by atoms with Gasteiger partial charge in [-0.05, 0) is 37.3 Å². The molecule has 0 saturated carbocycles. The molecule has 2 aromatic carbocycles. The molecule has 2 aromatic rings. The van der Waals surface area contributed by atoms with Crippen molar-refractivity contribution in [3.8, 4) is 5.75 Å². The fourth-order valence-corrected chi connectivity index (χ4v) is 2.01. The van der Waals surface area contributed by atoms with Gasteiger partial charge in [0.1, 0.15) is 12.4 Å². The zero-order valence-corrected chi connectivity index (χ0v) is 13.3. The SMILES string of the molecule is CC(=O)Nc1cccc(C(=O)NCCOc2ccc(C)cc2)c1. The van der Waals surface area contributed by atoms with Crippen LogP contribution >= 0.6 is 0 Å². The highest BCUT2D eigenvalue weighted by atomic mass is 16.5. The van der Waals surface area contributed by atoms with E-state index in [2.05, 4.69) is 10.6 Å². The molecule has 0 saturated heterocycles. The molecule has 0 aromatic heterocycles. The van der Waals surface area contributed by atoms with Crippen LogP contribution in [0.25, 0.3) is 0 Å². The molecule has 2 amide bonds. The summed E-state index contributed by atoms with van der Waals surface area (Å²) in [7, 11) is 0. The highest BCUT2D eigenvalue weighted by Crippen LogP contribution is 2.12. The van der Waals surface area contributed by atoms with E-state index in [1.165, 1.54) is 12.5 Å². The molecule has 23 heavy (non-hydrogen) atoms. The fraction of sp³-hybridized carbons (Fsp3) is 0.222. The maximum atomic E-state index is 12.1. The highest BCUT2D eigenvalue weighted by Gasteiger charge is 2.06. The average molecular weight is 312 g/mol. The lowest BCUT2D eigenvalue weighted by Crippen LogP contribution is -2.28. The van der Waals surface area contributed by atoms with Crippen LogP contribution < -0.4 is 15.4 Å². The number of anilines is 1. The Morgan fingerprint density at radius 1 is 1.09 bits per heavy atom. The smallest absolute Gasteiger partial charge is 0.251 e. The number of carbonyl (C=O) groups excluding carboxylic acids is 2. The van der Waals surface area contributed by atoms with Crippen molar-refractivity contribution < 1.29 is 14.3 Å². The van der Waals surface area contributed by atoms with Crippen molar-refractivity contribution in [2.24, 2.45) is 0 Å². The van der Waals surface area contributed by atoms with Gasteiger partial charge >= 0.3 is 0 Å². The van der Waals surface area contributed by atoms with Crippen molar-refractivity contribution in [3.63, 3.8) is 0 Å². The van der Waals surface area contributed by atoms with Gasteiger partial charge in [-0.3, -0.25) is 9.59 Å². The minimum absolute atomic E-state index is 0.172. The minimum Gasteiger partial charge on any atom is -0.492 e. The van der Waals surface area contributed by atoms with Crippen molar-refractivity contribution in [1.82, 2.24) is 5.32 Å². The van der Waals surface area contributed by atoms with Gasteiger partial charge < -0.3 is 15.4 Å². The molecule has 2 rings (SSSR count). The second-order valence-electron chi connectivity index (χ2n) is 5.18. The molecule has 0 atom stereocenters. The Bertz CT molecular complexity index is 681. The second kappa shape index (κ2) is 7.98. The van der Waals surface area contributed by atoms with Crippen molar-refractivity contribution >= 4 is 17.5 Å². The van der Waals surface area contributed by atoms with E-state index >= 15 is 0 Å². The van der Waals surface area contributed by atoms with Gasteiger partial charge in [-0.2, -0.15) is 0 Å². The summed E-state index contributed by atoms with van der Waals surface area (Å²) < 4.78 is 5.55. The third-order valence-corrected chi connectivity index (χ3v) is 3.12. The van der Waals surface area contributed by atoms with Crippen molar-refractivity contribution in [1.29, 1.82) is 0 Å². The minimum atomic E-state index is -0.204. The van der Waals surface area contributed by atoms with Crippen LogP contribution in [0.4, 0.5) is 5.69 Å². The van der Waals surface area contributed by atoms with E-state index in [-0.39, 0.29) is 11.8 Å². The third-order valence-electron chi connectivity index (χ3n) is 3.12. The van der Waals surface area contributed by atoms with Crippen LogP contribution in [0.1, 0.15) is 22.8 Å². The molecule has 0 heterocycles. The number of nitrogens with one attached hydrogen (secondary N) is 2. The Labute approximate surface area is 135 Å². The summed E-state index contributed by atoms with van der Waals surface area (Å²) >= 11 is 0. The van der Waals surface area contributed by atoms with Gasteiger partial charge in [0.15, 0.2) is 0 Å². The first-order valence-corrected chi connectivity index (χ1v) is 7.40. The van der Waals surface area contributed by atoms with Crippen molar-refractivity contribution in [3.05, 3.63) is 59.7 Å². The molecular weight excluding hydrogens is 292 g/mol. The molecule has 0 aliphatic heterocycles. The number of rotatable bonds is 6. The molecule has 0 bridgehead atoms. The second-order valence-corrected chi connectivity index (χ2v) is 5.18. The standard InChI is InChI=1S/C18H20N2O3/c1-13-6-8-17(9-7-13)23-11-10-19-18(22)15-4-3-5-16(12-15)20-14(2)21/h3-9,12H,10-11H2,1-2H3,(H,19,22)(H,20,21). The normalized spacial score (nSPS) is 10.0. The van der Waals surface area contributed by atoms with Crippen molar-refractivity contribution in [2.45, 2.75) is 13.8 Å². The van der Waals surface area contributed by atoms with Crippen LogP contribution in [-0.2, 0) is 4.79 Å². The van der Waals surface area contributed by atoms with Crippen LogP contribution in [0.3, 0.4) is 0 Å². The maximum absolute atomic E-state index is 12.1.